The van der Waals surface area contributed by atoms with Crippen LogP contribution in [0.15, 0.2) is 60.0 Å². The lowest BCUT2D eigenvalue weighted by molar-refractivity contribution is -0.113. The molecule has 0 radical (unpaired) electrons. The maximum Gasteiger partial charge on any atom is 0.253 e. The first-order valence-electron chi connectivity index (χ1n) is 11.1. The molecule has 2 heterocycles. The van der Waals surface area contributed by atoms with E-state index in [2.05, 4.69) is 33.4 Å². The summed E-state index contributed by atoms with van der Waals surface area (Å²) in [5, 5.41) is 11.3. The molecule has 0 fully saturated rings. The number of anilines is 2. The van der Waals surface area contributed by atoms with Crippen LogP contribution in [0.5, 0.6) is 5.75 Å². The van der Waals surface area contributed by atoms with E-state index in [1.165, 1.54) is 11.8 Å². The number of ether oxygens (including phenoxy) is 1. The number of amides is 2. The summed E-state index contributed by atoms with van der Waals surface area (Å²) in [4.78, 5) is 29.1. The predicted molar refractivity (Wildman–Crippen MR) is 133 cm³/mol. The number of aryl methyl sites for hydroxylation is 1. The Morgan fingerprint density at radius 1 is 1.21 bits per heavy atom. The van der Waals surface area contributed by atoms with Crippen LogP contribution >= 0.6 is 11.8 Å². The molecule has 1 aromatic heterocycles. The van der Waals surface area contributed by atoms with E-state index in [-0.39, 0.29) is 23.7 Å². The molecule has 1 atom stereocenters. The van der Waals surface area contributed by atoms with Crippen LogP contribution in [0.4, 0.5) is 11.4 Å². The summed E-state index contributed by atoms with van der Waals surface area (Å²) in [5.74, 6) is 0.814. The Labute approximate surface area is 203 Å². The van der Waals surface area contributed by atoms with E-state index in [4.69, 9.17) is 4.74 Å². The van der Waals surface area contributed by atoms with Gasteiger partial charge in [-0.25, -0.2) is 0 Å². The quantitative estimate of drug-likeness (QED) is 0.496. The van der Waals surface area contributed by atoms with Crippen molar-refractivity contribution >= 4 is 35.0 Å². The van der Waals surface area contributed by atoms with Gasteiger partial charge in [-0.15, -0.1) is 10.2 Å². The van der Waals surface area contributed by atoms with Gasteiger partial charge in [0.2, 0.25) is 5.91 Å². The summed E-state index contributed by atoms with van der Waals surface area (Å²) in [6.45, 7) is 4.19. The van der Waals surface area contributed by atoms with E-state index in [0.29, 0.717) is 23.0 Å². The molecular formula is C24H28N6O3S. The largest absolute Gasteiger partial charge is 0.485 e. The minimum atomic E-state index is -0.153. The average molecular weight is 481 g/mol. The van der Waals surface area contributed by atoms with E-state index >= 15 is 0 Å². The minimum absolute atomic E-state index is 0.0961. The number of likely N-dealkylation sites (N-methyl/N-ethyl adjacent to an activating group) is 2. The van der Waals surface area contributed by atoms with E-state index in [0.717, 1.165) is 24.5 Å². The highest BCUT2D eigenvalue weighted by molar-refractivity contribution is 7.99. The van der Waals surface area contributed by atoms with Gasteiger partial charge < -0.3 is 24.4 Å². The van der Waals surface area contributed by atoms with Crippen molar-refractivity contribution in [3.63, 3.8) is 0 Å². The molecule has 2 amide bonds. The third-order valence-corrected chi connectivity index (χ3v) is 6.58. The first kappa shape index (κ1) is 23.6. The number of nitrogens with one attached hydrogen (secondary N) is 1. The number of carbonyl (C=O) groups is 2. The maximum atomic E-state index is 13.0. The third kappa shape index (κ3) is 5.51. The highest BCUT2D eigenvalue weighted by atomic mass is 32.2. The number of fused-ring (bicyclic) bond motifs is 1. The standard InChI is InChI=1S/C24H28N6O3S/c1-4-30-14-19(33-21-8-6-5-7-20(21)30)13-28(2)23(32)17-9-11-18(12-10-17)26-22(31)15-34-24-27-25-16-29(24)3/h5-12,16,19H,4,13-15H2,1-3H3,(H,26,31)/t19-/m0/s1. The van der Waals surface area contributed by atoms with E-state index in [1.807, 2.05) is 25.2 Å². The Kier molecular flexibility index (Phi) is 7.36. The molecule has 0 bridgehead atoms. The molecule has 2 aromatic carbocycles. The number of nitrogens with zero attached hydrogens (tertiary/aromatic N) is 5. The second-order valence-corrected chi connectivity index (χ2v) is 9.01. The molecule has 0 aliphatic carbocycles. The van der Waals surface area contributed by atoms with Crippen molar-refractivity contribution in [1.82, 2.24) is 19.7 Å². The number of hydrogen-bond donors (Lipinski definition) is 1. The molecule has 0 saturated carbocycles. The molecule has 1 aliphatic rings. The Morgan fingerprint density at radius 2 is 1.97 bits per heavy atom. The zero-order chi connectivity index (χ0) is 24.1. The van der Waals surface area contributed by atoms with Crippen molar-refractivity contribution in [2.45, 2.75) is 18.2 Å². The topological polar surface area (TPSA) is 92.6 Å². The molecule has 4 rings (SSSR count). The van der Waals surface area contributed by atoms with Crippen LogP contribution < -0.4 is 15.0 Å². The van der Waals surface area contributed by atoms with Gasteiger partial charge in [-0.2, -0.15) is 0 Å². The Hall–Kier alpha value is -3.53. The zero-order valence-electron chi connectivity index (χ0n) is 19.5. The van der Waals surface area contributed by atoms with Gasteiger partial charge in [0.15, 0.2) is 5.16 Å². The molecule has 3 aromatic rings. The molecule has 10 heteroatoms. The Bertz CT molecular complexity index is 1150. The number of carbonyl (C=O) groups excluding carboxylic acids is 2. The fourth-order valence-corrected chi connectivity index (χ4v) is 4.50. The van der Waals surface area contributed by atoms with Crippen LogP contribution in [0.3, 0.4) is 0 Å². The lowest BCUT2D eigenvalue weighted by atomic mass is 10.1. The van der Waals surface area contributed by atoms with Crippen molar-refractivity contribution in [3.8, 4) is 5.75 Å². The predicted octanol–water partition coefficient (Wildman–Crippen LogP) is 2.91. The van der Waals surface area contributed by atoms with Crippen molar-refractivity contribution in [1.29, 1.82) is 0 Å². The lowest BCUT2D eigenvalue weighted by Crippen LogP contribution is -2.46. The van der Waals surface area contributed by atoms with Crippen molar-refractivity contribution in [2.75, 3.05) is 42.7 Å². The Morgan fingerprint density at radius 3 is 2.68 bits per heavy atom. The monoisotopic (exact) mass is 480 g/mol. The lowest BCUT2D eigenvalue weighted by Gasteiger charge is -2.37. The van der Waals surface area contributed by atoms with Crippen LogP contribution in [0.2, 0.25) is 0 Å². The summed E-state index contributed by atoms with van der Waals surface area (Å²) in [6, 6.07) is 14.9. The SMILES string of the molecule is CCN1C[C@H](CN(C)C(=O)c2ccc(NC(=O)CSc3nncn3C)cc2)Oc2ccccc21. The number of aromatic nitrogens is 3. The average Bonchev–Trinajstić information content (AvgIpc) is 3.26. The van der Waals surface area contributed by atoms with Gasteiger partial charge in [-0.05, 0) is 43.3 Å². The van der Waals surface area contributed by atoms with Gasteiger partial charge in [-0.3, -0.25) is 9.59 Å². The van der Waals surface area contributed by atoms with Crippen molar-refractivity contribution < 1.29 is 14.3 Å². The molecule has 0 unspecified atom stereocenters. The van der Waals surface area contributed by atoms with Gasteiger partial charge >= 0.3 is 0 Å². The van der Waals surface area contributed by atoms with Gasteiger partial charge in [-0.1, -0.05) is 23.9 Å². The minimum Gasteiger partial charge on any atom is -0.485 e. The fraction of sp³-hybridized carbons (Fsp3) is 0.333. The maximum absolute atomic E-state index is 13.0. The van der Waals surface area contributed by atoms with Gasteiger partial charge in [0.05, 0.1) is 24.5 Å². The zero-order valence-corrected chi connectivity index (χ0v) is 20.3. The smallest absolute Gasteiger partial charge is 0.253 e. The summed E-state index contributed by atoms with van der Waals surface area (Å²) < 4.78 is 7.90. The third-order valence-electron chi connectivity index (χ3n) is 5.55. The first-order chi connectivity index (χ1) is 16.4. The summed E-state index contributed by atoms with van der Waals surface area (Å²) >= 11 is 1.31. The van der Waals surface area contributed by atoms with Crippen LogP contribution in [0.1, 0.15) is 17.3 Å². The number of para-hydroxylation sites is 2. The summed E-state index contributed by atoms with van der Waals surface area (Å²) in [7, 11) is 3.61. The molecule has 9 nitrogen and oxygen atoms in total. The van der Waals surface area contributed by atoms with Crippen molar-refractivity contribution in [2.24, 2.45) is 7.05 Å². The van der Waals surface area contributed by atoms with Crippen LogP contribution in [0.25, 0.3) is 0 Å². The molecule has 0 saturated heterocycles. The fourth-order valence-electron chi connectivity index (χ4n) is 3.81. The van der Waals surface area contributed by atoms with Gasteiger partial charge in [0.1, 0.15) is 18.2 Å². The second-order valence-electron chi connectivity index (χ2n) is 8.07. The Balaban J connectivity index is 1.30. The molecule has 0 spiro atoms. The summed E-state index contributed by atoms with van der Waals surface area (Å²) in [6.07, 6.45) is 1.47. The number of benzene rings is 2. The normalized spacial score (nSPS) is 14.8. The molecule has 178 valence electrons. The highest BCUT2D eigenvalue weighted by Crippen LogP contribution is 2.33. The number of rotatable bonds is 8. The molecule has 1 N–H and O–H groups in total. The van der Waals surface area contributed by atoms with E-state index < -0.39 is 0 Å². The van der Waals surface area contributed by atoms with Crippen molar-refractivity contribution in [3.05, 3.63) is 60.4 Å². The van der Waals surface area contributed by atoms with E-state index in [9.17, 15) is 9.59 Å². The van der Waals surface area contributed by atoms with Gasteiger partial charge in [0, 0.05) is 31.9 Å². The first-order valence-corrected chi connectivity index (χ1v) is 12.1. The molecular weight excluding hydrogens is 452 g/mol. The number of thioether (sulfide) groups is 1. The van der Waals surface area contributed by atoms with Crippen LogP contribution in [0, 0.1) is 0 Å². The van der Waals surface area contributed by atoms with Gasteiger partial charge in [0.25, 0.3) is 5.91 Å². The van der Waals surface area contributed by atoms with Crippen LogP contribution in [-0.4, -0.2) is 70.0 Å². The molecule has 1 aliphatic heterocycles. The molecule has 34 heavy (non-hydrogen) atoms. The number of hydrogen-bond acceptors (Lipinski definition) is 7. The summed E-state index contributed by atoms with van der Waals surface area (Å²) in [5.41, 5.74) is 2.27. The van der Waals surface area contributed by atoms with E-state index in [1.54, 1.807) is 47.1 Å². The second kappa shape index (κ2) is 10.6. The van der Waals surface area contributed by atoms with Crippen LogP contribution in [-0.2, 0) is 11.8 Å². The highest BCUT2D eigenvalue weighted by Gasteiger charge is 2.27.